The van der Waals surface area contributed by atoms with Gasteiger partial charge in [-0.25, -0.2) is 4.39 Å². The van der Waals surface area contributed by atoms with Crippen molar-refractivity contribution in [1.82, 2.24) is 15.2 Å². The molecule has 0 spiro atoms. The topological polar surface area (TPSA) is 45.2 Å². The van der Waals surface area contributed by atoms with Gasteiger partial charge in [-0.3, -0.25) is 9.78 Å². The SMILES string of the molecule is CNCCN(C)C(=O)c1cc2ccc(F)cc2nc1C.Cl.Cl. The van der Waals surface area contributed by atoms with Gasteiger partial charge in [-0.05, 0) is 32.2 Å². The van der Waals surface area contributed by atoms with Gasteiger partial charge in [-0.2, -0.15) is 0 Å². The smallest absolute Gasteiger partial charge is 0.255 e. The van der Waals surface area contributed by atoms with Crippen molar-refractivity contribution < 1.29 is 9.18 Å². The minimum Gasteiger partial charge on any atom is -0.340 e. The number of amides is 1. The molecule has 0 unspecified atom stereocenters. The molecule has 7 heteroatoms. The molecular formula is C15H20Cl2FN3O. The van der Waals surface area contributed by atoms with Crippen LogP contribution in [0.3, 0.4) is 0 Å². The summed E-state index contributed by atoms with van der Waals surface area (Å²) in [5, 5.41) is 3.77. The Hall–Kier alpha value is -1.43. The van der Waals surface area contributed by atoms with Crippen LogP contribution < -0.4 is 5.32 Å². The molecule has 0 saturated heterocycles. The normalized spacial score (nSPS) is 9.82. The molecule has 22 heavy (non-hydrogen) atoms. The Morgan fingerprint density at radius 3 is 2.64 bits per heavy atom. The highest BCUT2D eigenvalue weighted by molar-refractivity contribution is 5.98. The van der Waals surface area contributed by atoms with E-state index in [0.29, 0.717) is 23.3 Å². The molecule has 0 fully saturated rings. The number of likely N-dealkylation sites (N-methyl/N-ethyl adjacent to an activating group) is 2. The zero-order chi connectivity index (χ0) is 14.7. The van der Waals surface area contributed by atoms with Crippen LogP contribution in [0.25, 0.3) is 10.9 Å². The van der Waals surface area contributed by atoms with Crippen molar-refractivity contribution in [1.29, 1.82) is 0 Å². The number of pyridine rings is 1. The average molecular weight is 348 g/mol. The number of hydrogen-bond donors (Lipinski definition) is 1. The second kappa shape index (κ2) is 8.88. The predicted octanol–water partition coefficient (Wildman–Crippen LogP) is 2.82. The molecule has 0 atom stereocenters. The van der Waals surface area contributed by atoms with Gasteiger partial charge in [0.1, 0.15) is 5.82 Å². The van der Waals surface area contributed by atoms with Gasteiger partial charge in [-0.15, -0.1) is 24.8 Å². The zero-order valence-corrected chi connectivity index (χ0v) is 14.4. The van der Waals surface area contributed by atoms with Crippen LogP contribution in [0, 0.1) is 12.7 Å². The summed E-state index contributed by atoms with van der Waals surface area (Å²) in [6.07, 6.45) is 0. The molecule has 122 valence electrons. The van der Waals surface area contributed by atoms with Crippen LogP contribution in [-0.4, -0.2) is 43.0 Å². The molecule has 1 heterocycles. The quantitative estimate of drug-likeness (QED) is 0.924. The zero-order valence-electron chi connectivity index (χ0n) is 12.7. The minimum absolute atomic E-state index is 0. The van der Waals surface area contributed by atoms with Crippen LogP contribution in [0.5, 0.6) is 0 Å². The van der Waals surface area contributed by atoms with Crippen LogP contribution in [0.15, 0.2) is 24.3 Å². The van der Waals surface area contributed by atoms with E-state index in [1.165, 1.54) is 12.1 Å². The fourth-order valence-corrected chi connectivity index (χ4v) is 2.04. The fraction of sp³-hybridized carbons (Fsp3) is 0.333. The third kappa shape index (κ3) is 4.53. The number of halogens is 3. The summed E-state index contributed by atoms with van der Waals surface area (Å²) in [6.45, 7) is 3.12. The Morgan fingerprint density at radius 2 is 2.00 bits per heavy atom. The van der Waals surface area contributed by atoms with E-state index in [1.54, 1.807) is 31.0 Å². The fourth-order valence-electron chi connectivity index (χ4n) is 2.04. The van der Waals surface area contributed by atoms with Crippen LogP contribution in [-0.2, 0) is 0 Å². The number of benzene rings is 1. The lowest BCUT2D eigenvalue weighted by Crippen LogP contribution is -2.33. The van der Waals surface area contributed by atoms with Crippen molar-refractivity contribution in [2.45, 2.75) is 6.92 Å². The Kier molecular flexibility index (Phi) is 8.30. The number of nitrogens with zero attached hydrogens (tertiary/aromatic N) is 2. The summed E-state index contributed by atoms with van der Waals surface area (Å²) >= 11 is 0. The number of rotatable bonds is 4. The molecule has 0 aliphatic carbocycles. The summed E-state index contributed by atoms with van der Waals surface area (Å²) in [7, 11) is 3.60. The number of hydrogen-bond acceptors (Lipinski definition) is 3. The van der Waals surface area contributed by atoms with Crippen molar-refractivity contribution in [3.8, 4) is 0 Å². The standard InChI is InChI=1S/C15H18FN3O.2ClH/c1-10-13(15(20)19(3)7-6-17-2)8-11-4-5-12(16)9-14(11)18-10;;/h4-5,8-9,17H,6-7H2,1-3H3;2*1H. The Labute approximate surface area is 141 Å². The highest BCUT2D eigenvalue weighted by atomic mass is 35.5. The van der Waals surface area contributed by atoms with Crippen LogP contribution in [0.4, 0.5) is 4.39 Å². The second-order valence-electron chi connectivity index (χ2n) is 4.79. The third-order valence-electron chi connectivity index (χ3n) is 3.24. The molecule has 2 rings (SSSR count). The van der Waals surface area contributed by atoms with Crippen molar-refractivity contribution >= 4 is 41.6 Å². The molecule has 0 aliphatic rings. The first-order valence-corrected chi connectivity index (χ1v) is 6.50. The summed E-state index contributed by atoms with van der Waals surface area (Å²) in [4.78, 5) is 18.3. The summed E-state index contributed by atoms with van der Waals surface area (Å²) in [5.41, 5.74) is 1.74. The number of carbonyl (C=O) groups is 1. The monoisotopic (exact) mass is 347 g/mol. The van der Waals surface area contributed by atoms with Crippen molar-refractivity contribution in [2.24, 2.45) is 0 Å². The molecule has 0 aliphatic heterocycles. The highest BCUT2D eigenvalue weighted by Gasteiger charge is 2.15. The van der Waals surface area contributed by atoms with Gasteiger partial charge < -0.3 is 10.2 Å². The summed E-state index contributed by atoms with van der Waals surface area (Å²) in [6, 6.07) is 6.16. The molecule has 1 N–H and O–H groups in total. The Morgan fingerprint density at radius 1 is 1.32 bits per heavy atom. The third-order valence-corrected chi connectivity index (χ3v) is 3.24. The molecular weight excluding hydrogens is 328 g/mol. The first kappa shape index (κ1) is 20.6. The summed E-state index contributed by atoms with van der Waals surface area (Å²) < 4.78 is 13.2. The number of carbonyl (C=O) groups excluding carboxylic acids is 1. The maximum absolute atomic E-state index is 13.2. The van der Waals surface area contributed by atoms with Gasteiger partial charge in [0.05, 0.1) is 16.8 Å². The lowest BCUT2D eigenvalue weighted by molar-refractivity contribution is 0.0796. The van der Waals surface area contributed by atoms with Gasteiger partial charge in [0, 0.05) is 31.6 Å². The number of aromatic nitrogens is 1. The molecule has 1 aromatic heterocycles. The van der Waals surface area contributed by atoms with Crippen molar-refractivity contribution in [2.75, 3.05) is 27.2 Å². The predicted molar refractivity (Wildman–Crippen MR) is 91.8 cm³/mol. The van der Waals surface area contributed by atoms with Crippen LogP contribution >= 0.6 is 24.8 Å². The summed E-state index contributed by atoms with van der Waals surface area (Å²) in [5.74, 6) is -0.397. The van der Waals surface area contributed by atoms with Crippen LogP contribution in [0.2, 0.25) is 0 Å². The van der Waals surface area contributed by atoms with Gasteiger partial charge in [0.25, 0.3) is 5.91 Å². The van der Waals surface area contributed by atoms with Gasteiger partial charge in [0.2, 0.25) is 0 Å². The van der Waals surface area contributed by atoms with E-state index in [-0.39, 0.29) is 36.5 Å². The molecule has 2 aromatic rings. The first-order valence-electron chi connectivity index (χ1n) is 6.50. The lowest BCUT2D eigenvalue weighted by Gasteiger charge is -2.18. The molecule has 1 aromatic carbocycles. The van der Waals surface area contributed by atoms with Gasteiger partial charge in [-0.1, -0.05) is 0 Å². The van der Waals surface area contributed by atoms with Crippen molar-refractivity contribution in [3.05, 3.63) is 41.3 Å². The molecule has 1 amide bonds. The van der Waals surface area contributed by atoms with E-state index >= 15 is 0 Å². The maximum atomic E-state index is 13.2. The van der Waals surface area contributed by atoms with E-state index in [9.17, 15) is 9.18 Å². The maximum Gasteiger partial charge on any atom is 0.255 e. The average Bonchev–Trinajstić information content (AvgIpc) is 2.43. The van der Waals surface area contributed by atoms with E-state index in [4.69, 9.17) is 0 Å². The minimum atomic E-state index is -0.324. The van der Waals surface area contributed by atoms with E-state index in [0.717, 1.165) is 11.9 Å². The number of fused-ring (bicyclic) bond motifs is 1. The lowest BCUT2D eigenvalue weighted by atomic mass is 10.1. The largest absolute Gasteiger partial charge is 0.340 e. The van der Waals surface area contributed by atoms with Gasteiger partial charge in [0.15, 0.2) is 0 Å². The molecule has 4 nitrogen and oxygen atoms in total. The van der Waals surface area contributed by atoms with E-state index in [1.807, 2.05) is 7.05 Å². The number of nitrogens with one attached hydrogen (secondary N) is 1. The van der Waals surface area contributed by atoms with E-state index in [2.05, 4.69) is 10.3 Å². The number of aryl methyl sites for hydroxylation is 1. The Bertz CT molecular complexity index is 652. The second-order valence-corrected chi connectivity index (χ2v) is 4.79. The Balaban J connectivity index is 0.00000220. The van der Waals surface area contributed by atoms with E-state index < -0.39 is 0 Å². The first-order chi connectivity index (χ1) is 9.52. The molecule has 0 bridgehead atoms. The highest BCUT2D eigenvalue weighted by Crippen LogP contribution is 2.18. The van der Waals surface area contributed by atoms with Gasteiger partial charge >= 0.3 is 0 Å². The molecule has 0 radical (unpaired) electrons. The van der Waals surface area contributed by atoms with Crippen LogP contribution in [0.1, 0.15) is 16.1 Å². The molecule has 0 saturated carbocycles. The van der Waals surface area contributed by atoms with Crippen molar-refractivity contribution in [3.63, 3.8) is 0 Å².